The molecule has 3 fully saturated rings. The molecule has 0 saturated carbocycles. The van der Waals surface area contributed by atoms with Crippen molar-refractivity contribution in [1.29, 1.82) is 0 Å². The van der Waals surface area contributed by atoms with Crippen molar-refractivity contribution in [3.05, 3.63) is 86.0 Å². The van der Waals surface area contributed by atoms with Crippen LogP contribution in [0, 0.1) is 10.8 Å². The van der Waals surface area contributed by atoms with Crippen LogP contribution in [0.2, 0.25) is 0 Å². The number of nitrogen functional groups attached to an aromatic ring is 2. The fraction of sp³-hybridized carbons (Fsp3) is 0.528. The molecule has 0 radical (unpaired) electrons. The van der Waals surface area contributed by atoms with Crippen molar-refractivity contribution in [2.24, 2.45) is 10.8 Å². The summed E-state index contributed by atoms with van der Waals surface area (Å²) in [5.41, 5.74) is 12.5. The van der Waals surface area contributed by atoms with E-state index in [4.69, 9.17) is 58.0 Å². The Morgan fingerprint density at radius 2 is 1.02 bits per heavy atom. The third-order valence-corrected chi connectivity index (χ3v) is 16.0. The van der Waals surface area contributed by atoms with Gasteiger partial charge in [-0.1, -0.05) is 92.8 Å². The first-order valence-electron chi connectivity index (χ1n) is 26.0. The third kappa shape index (κ3) is 15.9. The van der Waals surface area contributed by atoms with E-state index in [2.05, 4.69) is 40.1 Å². The molecule has 84 heavy (non-hydrogen) atoms. The maximum Gasteiger partial charge on any atom is 0.509 e. The highest BCUT2D eigenvalue weighted by Gasteiger charge is 2.58. The number of aliphatic hydroxyl groups excluding tert-OH is 2. The maximum atomic E-state index is 14.1. The number of hydrogen-bond acceptors (Lipinski definition) is 25. The van der Waals surface area contributed by atoms with Gasteiger partial charge < -0.3 is 59.1 Å². The molecule has 31 heteroatoms. The fourth-order valence-corrected chi connectivity index (χ4v) is 11.9. The van der Waals surface area contributed by atoms with E-state index in [-0.39, 0.29) is 62.0 Å². The van der Waals surface area contributed by atoms with Gasteiger partial charge in [-0.2, -0.15) is 10.2 Å². The second-order valence-corrected chi connectivity index (χ2v) is 25.3. The van der Waals surface area contributed by atoms with Gasteiger partial charge in [-0.3, -0.25) is 27.8 Å². The molecule has 2 unspecified atom stereocenters. The Morgan fingerprint density at radius 1 is 0.619 bits per heavy atom. The molecule has 0 amide bonds. The van der Waals surface area contributed by atoms with Crippen LogP contribution in [0.3, 0.4) is 0 Å². The highest BCUT2D eigenvalue weighted by molar-refractivity contribution is 7.52. The molecule has 0 spiro atoms. The molecule has 9 rings (SSSR count). The molecule has 0 aliphatic carbocycles. The number of fused-ring (bicyclic) bond motifs is 3. The minimum Gasteiger partial charge on any atom is -0.464 e. The Morgan fingerprint density at radius 3 is 1.46 bits per heavy atom. The largest absolute Gasteiger partial charge is 0.509 e. The summed E-state index contributed by atoms with van der Waals surface area (Å²) in [6.45, 7) is 17.8. The highest BCUT2D eigenvalue weighted by atomic mass is 31.2. The van der Waals surface area contributed by atoms with Gasteiger partial charge in [0.05, 0.1) is 38.1 Å². The van der Waals surface area contributed by atoms with Crippen LogP contribution in [0.15, 0.2) is 86.0 Å². The van der Waals surface area contributed by atoms with Gasteiger partial charge >= 0.3 is 33.6 Å². The van der Waals surface area contributed by atoms with Crippen molar-refractivity contribution in [3.63, 3.8) is 0 Å². The Balaban J connectivity index is 0.000000264. The quantitative estimate of drug-likeness (QED) is 0.0259. The van der Waals surface area contributed by atoms with Crippen LogP contribution in [0.4, 0.5) is 16.4 Å². The van der Waals surface area contributed by atoms with Crippen molar-refractivity contribution in [3.8, 4) is 11.5 Å². The standard InChI is InChI=1S/C26H33N6O9P.C25H35N6O8P.2CH4/c1-14(24(33)36-11-26(3,4)5)31-42(35,41-16-9-7-6-8-10-16)40-15(2)18-19-20(39-25(34)38-19)23(37-18)32-13-30-17-21(27)28-12-29-22(17)32;1-14(24(34)36-11-25(3,4)5)30-40(35,39-16-9-7-6-8-10-16)38-15(2)20-18(32)19(33)23(37-20)31-13-29-17-21(26)27-12-28-22(17)31;;/h6-10,12-15,18-20,23H,11H2,1-5H3,(H,31,35)(H2,27,28,29);6-10,12-15,18-20,23,32-33H,11H2,1-5H3,(H,30,35)(H2,26,27,28);2*1H4/t14-,15-,18+,19+,20+,23+,42?;14-,15-,18-,19+,20+,23+,40?;;/m00../s1. The van der Waals surface area contributed by atoms with Crippen LogP contribution in [0.1, 0.15) is 96.5 Å². The van der Waals surface area contributed by atoms with Gasteiger partial charge in [-0.25, -0.2) is 43.8 Å². The molecule has 14 atom stereocenters. The molecular formula is C53H76N12O17P2. The number of rotatable bonds is 20. The van der Waals surface area contributed by atoms with E-state index in [0.29, 0.717) is 22.3 Å². The number of ether oxygens (including phenoxy) is 6. The smallest absolute Gasteiger partial charge is 0.464 e. The molecule has 4 aromatic heterocycles. The van der Waals surface area contributed by atoms with Gasteiger partial charge in [0.15, 0.2) is 47.6 Å². The van der Waals surface area contributed by atoms with E-state index in [0.717, 1.165) is 0 Å². The number of aromatic nitrogens is 8. The van der Waals surface area contributed by atoms with E-state index in [1.165, 1.54) is 50.6 Å². The van der Waals surface area contributed by atoms with Crippen molar-refractivity contribution >= 4 is 67.6 Å². The van der Waals surface area contributed by atoms with Crippen LogP contribution < -0.4 is 30.7 Å². The first-order chi connectivity index (χ1) is 38.6. The Hall–Kier alpha value is -6.91. The Bertz CT molecular complexity index is 3290. The fourth-order valence-electron chi connectivity index (χ4n) is 8.55. The number of para-hydroxylation sites is 2. The molecule has 6 aromatic rings. The molecule has 8 N–H and O–H groups in total. The average molecular weight is 1220 g/mol. The van der Waals surface area contributed by atoms with Gasteiger partial charge in [0, 0.05) is 0 Å². The molecule has 29 nitrogen and oxygen atoms in total. The van der Waals surface area contributed by atoms with E-state index in [1.807, 2.05) is 41.5 Å². The number of benzene rings is 2. The summed E-state index contributed by atoms with van der Waals surface area (Å²) < 4.78 is 88.1. The van der Waals surface area contributed by atoms with Crippen LogP contribution in [0.5, 0.6) is 11.5 Å². The van der Waals surface area contributed by atoms with Crippen LogP contribution >= 0.6 is 15.5 Å². The average Bonchev–Trinajstić information content (AvgIpc) is 1.89. The number of hydrogen-bond donors (Lipinski definition) is 6. The van der Waals surface area contributed by atoms with Gasteiger partial charge in [0.1, 0.15) is 71.7 Å². The summed E-state index contributed by atoms with van der Waals surface area (Å²) in [5.74, 6) is -0.525. The third-order valence-electron chi connectivity index (χ3n) is 12.5. The molecular weight excluding hydrogens is 1140 g/mol. The molecule has 3 aliphatic rings. The molecule has 3 saturated heterocycles. The zero-order valence-electron chi connectivity index (χ0n) is 46.6. The summed E-state index contributed by atoms with van der Waals surface area (Å²) in [5, 5.41) is 27.0. The second-order valence-electron chi connectivity index (χ2n) is 22.0. The van der Waals surface area contributed by atoms with Gasteiger partial charge in [-0.15, -0.1) is 0 Å². The zero-order chi connectivity index (χ0) is 59.5. The van der Waals surface area contributed by atoms with Gasteiger partial charge in [0.25, 0.3) is 0 Å². The summed E-state index contributed by atoms with van der Waals surface area (Å²) in [6.07, 6.45) is -6.56. The number of imidazole rings is 2. The maximum absolute atomic E-state index is 14.1. The number of nitrogens with zero attached hydrogens (tertiary/aromatic N) is 8. The number of anilines is 2. The Kier molecular flexibility index (Phi) is 21.3. The zero-order valence-corrected chi connectivity index (χ0v) is 48.4. The predicted molar refractivity (Wildman–Crippen MR) is 304 cm³/mol. The lowest BCUT2D eigenvalue weighted by molar-refractivity contribution is -0.148. The van der Waals surface area contributed by atoms with Crippen LogP contribution in [-0.4, -0.2) is 141 Å². The summed E-state index contributed by atoms with van der Waals surface area (Å²) in [7, 11) is -8.55. The monoisotopic (exact) mass is 1210 g/mol. The summed E-state index contributed by atoms with van der Waals surface area (Å²) >= 11 is 0. The van der Waals surface area contributed by atoms with E-state index >= 15 is 0 Å². The van der Waals surface area contributed by atoms with Crippen molar-refractivity contribution < 1.29 is 80.2 Å². The number of carbonyl (C=O) groups excluding carboxylic acids is 3. The number of nitrogens with two attached hydrogens (primary N) is 2. The molecule has 3 aliphatic heterocycles. The van der Waals surface area contributed by atoms with Crippen LogP contribution in [-0.2, 0) is 56.2 Å². The van der Waals surface area contributed by atoms with Crippen LogP contribution in [0.25, 0.3) is 22.3 Å². The molecule has 7 heterocycles. The van der Waals surface area contributed by atoms with Gasteiger partial charge in [0.2, 0.25) is 0 Å². The number of carbonyl (C=O) groups is 3. The lowest BCUT2D eigenvalue weighted by Gasteiger charge is -2.29. The number of esters is 2. The van der Waals surface area contributed by atoms with Gasteiger partial charge in [-0.05, 0) is 62.8 Å². The first kappa shape index (κ1) is 66.2. The normalized spacial score (nSPS) is 24.0. The minimum atomic E-state index is -4.28. The topological polar surface area (TPSA) is 381 Å². The number of nitrogens with one attached hydrogen (secondary N) is 2. The Labute approximate surface area is 485 Å². The molecule has 2 aromatic carbocycles. The van der Waals surface area contributed by atoms with E-state index in [9.17, 15) is 33.7 Å². The highest BCUT2D eigenvalue weighted by Crippen LogP contribution is 2.51. The molecule has 460 valence electrons. The first-order valence-corrected chi connectivity index (χ1v) is 29.1. The summed E-state index contributed by atoms with van der Waals surface area (Å²) in [4.78, 5) is 62.1. The van der Waals surface area contributed by atoms with Crippen molar-refractivity contribution in [2.75, 3.05) is 24.7 Å². The summed E-state index contributed by atoms with van der Waals surface area (Å²) in [6, 6.07) is 14.5. The van der Waals surface area contributed by atoms with Crippen molar-refractivity contribution in [1.82, 2.24) is 49.2 Å². The minimum absolute atomic E-state index is 0. The lowest BCUT2D eigenvalue weighted by atomic mass is 9.99. The predicted octanol–water partition coefficient (Wildman–Crippen LogP) is 6.83. The van der Waals surface area contributed by atoms with E-state index < -0.39 is 107 Å². The van der Waals surface area contributed by atoms with E-state index in [1.54, 1.807) is 72.2 Å². The molecule has 0 bridgehead atoms. The number of aliphatic hydroxyl groups is 2. The lowest BCUT2D eigenvalue weighted by Crippen LogP contribution is -2.41. The van der Waals surface area contributed by atoms with Crippen molar-refractivity contribution in [2.45, 2.75) is 157 Å². The SMILES string of the molecule is C.C.C[C@H](NP(=O)(Oc1ccccc1)O[C@@H](C)[C@H]1O[C@@H](n2cnc3c(N)ncnc32)[C@@H]2OC(=O)O[C@@H]21)C(=O)OCC(C)(C)C.C[C@H](NP(=O)(Oc1ccccc1)O[C@@H](C)[C@H]1O[C@@H](n2cnc3c(N)ncnc32)[C@H](O)[C@@H]1O)C(=O)OCC(C)(C)C. The second kappa shape index (κ2) is 27.0.